The lowest BCUT2D eigenvalue weighted by Gasteiger charge is -2.20. The molecule has 0 saturated carbocycles. The first kappa shape index (κ1) is 15.3. The van der Waals surface area contributed by atoms with Gasteiger partial charge in [0, 0.05) is 22.6 Å². The van der Waals surface area contributed by atoms with Gasteiger partial charge in [-0.1, -0.05) is 34.5 Å². The number of benzene rings is 1. The highest BCUT2D eigenvalue weighted by molar-refractivity contribution is 9.10. The number of rotatable bonds is 6. The van der Waals surface area contributed by atoms with Gasteiger partial charge in [-0.25, -0.2) is 0 Å². The minimum atomic E-state index is 0.684. The second-order valence-electron chi connectivity index (χ2n) is 5.48. The maximum atomic E-state index is 6.18. The highest BCUT2D eigenvalue weighted by Gasteiger charge is 2.14. The van der Waals surface area contributed by atoms with Crippen LogP contribution in [0.5, 0.6) is 0 Å². The summed E-state index contributed by atoms with van der Waals surface area (Å²) in [4.78, 5) is 2.57. The Bertz CT molecular complexity index is 405. The standard InChI is InChI=1S/C15H22BrClN2/c1-12(11-19-6-2-3-7-19)9-18-10-13-8-14(16)4-5-15(13)17/h4-5,8,12,18H,2-3,6-7,9-11H2,1H3. The van der Waals surface area contributed by atoms with E-state index in [1.54, 1.807) is 0 Å². The second kappa shape index (κ2) is 7.63. The van der Waals surface area contributed by atoms with Gasteiger partial charge in [-0.15, -0.1) is 0 Å². The molecule has 2 nitrogen and oxygen atoms in total. The van der Waals surface area contributed by atoms with Gasteiger partial charge in [0.1, 0.15) is 0 Å². The average molecular weight is 346 g/mol. The van der Waals surface area contributed by atoms with Crippen molar-refractivity contribution in [2.24, 2.45) is 5.92 Å². The zero-order chi connectivity index (χ0) is 13.7. The monoisotopic (exact) mass is 344 g/mol. The molecule has 1 aliphatic heterocycles. The van der Waals surface area contributed by atoms with Gasteiger partial charge < -0.3 is 10.2 Å². The van der Waals surface area contributed by atoms with E-state index in [1.807, 2.05) is 12.1 Å². The molecule has 2 rings (SSSR count). The van der Waals surface area contributed by atoms with Gasteiger partial charge >= 0.3 is 0 Å². The first-order valence-corrected chi connectivity index (χ1v) is 8.19. The van der Waals surface area contributed by atoms with Crippen molar-refractivity contribution in [3.63, 3.8) is 0 Å². The Morgan fingerprint density at radius 3 is 2.84 bits per heavy atom. The fourth-order valence-corrected chi connectivity index (χ4v) is 3.20. The normalized spacial score (nSPS) is 17.8. The molecule has 1 aliphatic rings. The summed E-state index contributed by atoms with van der Waals surface area (Å²) < 4.78 is 1.08. The van der Waals surface area contributed by atoms with Crippen LogP contribution in [0.15, 0.2) is 22.7 Å². The maximum Gasteiger partial charge on any atom is 0.0451 e. The van der Waals surface area contributed by atoms with E-state index < -0.39 is 0 Å². The number of hydrogen-bond acceptors (Lipinski definition) is 2. The van der Waals surface area contributed by atoms with E-state index in [-0.39, 0.29) is 0 Å². The first-order chi connectivity index (χ1) is 9.15. The molecule has 1 N–H and O–H groups in total. The summed E-state index contributed by atoms with van der Waals surface area (Å²) in [5, 5.41) is 4.35. The van der Waals surface area contributed by atoms with Crippen LogP contribution in [-0.4, -0.2) is 31.1 Å². The van der Waals surface area contributed by atoms with E-state index in [1.165, 1.54) is 32.5 Å². The summed E-state index contributed by atoms with van der Waals surface area (Å²) in [6.45, 7) is 7.96. The molecule has 4 heteroatoms. The lowest BCUT2D eigenvalue weighted by atomic mass is 10.1. The number of nitrogens with one attached hydrogen (secondary N) is 1. The average Bonchev–Trinajstić information content (AvgIpc) is 2.86. The van der Waals surface area contributed by atoms with Crippen LogP contribution in [0.1, 0.15) is 25.3 Å². The molecule has 0 spiro atoms. The summed E-state index contributed by atoms with van der Waals surface area (Å²) >= 11 is 9.66. The molecule has 1 atom stereocenters. The van der Waals surface area contributed by atoms with Crippen molar-refractivity contribution < 1.29 is 0 Å². The van der Waals surface area contributed by atoms with Crippen LogP contribution in [0.25, 0.3) is 0 Å². The van der Waals surface area contributed by atoms with E-state index >= 15 is 0 Å². The van der Waals surface area contributed by atoms with Crippen LogP contribution < -0.4 is 5.32 Å². The van der Waals surface area contributed by atoms with E-state index in [0.29, 0.717) is 5.92 Å². The Balaban J connectivity index is 1.71. The third-order valence-electron chi connectivity index (χ3n) is 3.58. The van der Waals surface area contributed by atoms with Gasteiger partial charge in [0.2, 0.25) is 0 Å². The van der Waals surface area contributed by atoms with Crippen molar-refractivity contribution in [1.82, 2.24) is 10.2 Å². The van der Waals surface area contributed by atoms with Gasteiger partial charge in [0.15, 0.2) is 0 Å². The van der Waals surface area contributed by atoms with Crippen molar-refractivity contribution >= 4 is 27.5 Å². The quantitative estimate of drug-likeness (QED) is 0.840. The molecule has 0 aliphatic carbocycles. The fraction of sp³-hybridized carbons (Fsp3) is 0.600. The summed E-state index contributed by atoms with van der Waals surface area (Å²) in [5.74, 6) is 0.684. The Morgan fingerprint density at radius 1 is 1.37 bits per heavy atom. The zero-order valence-electron chi connectivity index (χ0n) is 11.5. The van der Waals surface area contributed by atoms with Crippen molar-refractivity contribution in [2.75, 3.05) is 26.2 Å². The molecule has 0 amide bonds. The molecule has 106 valence electrons. The molecule has 1 saturated heterocycles. The Kier molecular flexibility index (Phi) is 6.14. The maximum absolute atomic E-state index is 6.18. The summed E-state index contributed by atoms with van der Waals surface area (Å²) in [6, 6.07) is 6.00. The highest BCUT2D eigenvalue weighted by atomic mass is 79.9. The van der Waals surface area contributed by atoms with Crippen LogP contribution >= 0.6 is 27.5 Å². The summed E-state index contributed by atoms with van der Waals surface area (Å²) in [5.41, 5.74) is 1.16. The highest BCUT2D eigenvalue weighted by Crippen LogP contribution is 2.20. The molecule has 0 radical (unpaired) electrons. The Hall–Kier alpha value is -0.0900. The molecular formula is C15H22BrClN2. The molecule has 1 fully saturated rings. The smallest absolute Gasteiger partial charge is 0.0451 e. The minimum absolute atomic E-state index is 0.684. The molecule has 1 heterocycles. The molecule has 1 aromatic carbocycles. The number of nitrogens with zero attached hydrogens (tertiary/aromatic N) is 1. The fourth-order valence-electron chi connectivity index (χ4n) is 2.60. The molecule has 0 bridgehead atoms. The molecular weight excluding hydrogens is 324 g/mol. The first-order valence-electron chi connectivity index (χ1n) is 7.02. The van der Waals surface area contributed by atoms with Crippen LogP contribution in [0.2, 0.25) is 5.02 Å². The van der Waals surface area contributed by atoms with Crippen molar-refractivity contribution in [2.45, 2.75) is 26.3 Å². The predicted molar refractivity (Wildman–Crippen MR) is 85.7 cm³/mol. The SMILES string of the molecule is CC(CNCc1cc(Br)ccc1Cl)CN1CCCC1. The number of hydrogen-bond donors (Lipinski definition) is 1. The predicted octanol–water partition coefficient (Wildman–Crippen LogP) is 3.92. The number of halogens is 2. The largest absolute Gasteiger partial charge is 0.312 e. The van der Waals surface area contributed by atoms with E-state index in [0.717, 1.165) is 28.1 Å². The Labute approximate surface area is 129 Å². The van der Waals surface area contributed by atoms with Crippen LogP contribution in [0.4, 0.5) is 0 Å². The summed E-state index contributed by atoms with van der Waals surface area (Å²) in [6.07, 6.45) is 2.74. The lowest BCUT2D eigenvalue weighted by molar-refractivity contribution is 0.282. The second-order valence-corrected chi connectivity index (χ2v) is 6.80. The van der Waals surface area contributed by atoms with E-state index in [2.05, 4.69) is 39.1 Å². The van der Waals surface area contributed by atoms with E-state index in [4.69, 9.17) is 11.6 Å². The third kappa shape index (κ3) is 5.07. The number of likely N-dealkylation sites (tertiary alicyclic amines) is 1. The van der Waals surface area contributed by atoms with E-state index in [9.17, 15) is 0 Å². The van der Waals surface area contributed by atoms with Crippen LogP contribution in [-0.2, 0) is 6.54 Å². The topological polar surface area (TPSA) is 15.3 Å². The van der Waals surface area contributed by atoms with Gasteiger partial charge in [0.05, 0.1) is 0 Å². The van der Waals surface area contributed by atoms with Crippen LogP contribution in [0, 0.1) is 5.92 Å². The van der Waals surface area contributed by atoms with Gasteiger partial charge in [-0.2, -0.15) is 0 Å². The Morgan fingerprint density at radius 2 is 2.11 bits per heavy atom. The van der Waals surface area contributed by atoms with Gasteiger partial charge in [-0.05, 0) is 62.2 Å². The summed E-state index contributed by atoms with van der Waals surface area (Å²) in [7, 11) is 0. The third-order valence-corrected chi connectivity index (χ3v) is 4.45. The molecule has 1 aromatic rings. The molecule has 0 aromatic heterocycles. The van der Waals surface area contributed by atoms with Crippen molar-refractivity contribution in [1.29, 1.82) is 0 Å². The van der Waals surface area contributed by atoms with Crippen molar-refractivity contribution in [3.05, 3.63) is 33.3 Å². The minimum Gasteiger partial charge on any atom is -0.312 e. The zero-order valence-corrected chi connectivity index (χ0v) is 13.8. The molecule has 1 unspecified atom stereocenters. The van der Waals surface area contributed by atoms with Gasteiger partial charge in [-0.3, -0.25) is 0 Å². The van der Waals surface area contributed by atoms with Gasteiger partial charge in [0.25, 0.3) is 0 Å². The molecule has 19 heavy (non-hydrogen) atoms. The van der Waals surface area contributed by atoms with Crippen molar-refractivity contribution in [3.8, 4) is 0 Å². The lowest BCUT2D eigenvalue weighted by Crippen LogP contribution is -2.31. The van der Waals surface area contributed by atoms with Crippen LogP contribution in [0.3, 0.4) is 0 Å².